The first-order valence-corrected chi connectivity index (χ1v) is 5.49. The minimum atomic E-state index is 0.569. The summed E-state index contributed by atoms with van der Waals surface area (Å²) in [5.41, 5.74) is 2.37. The molecule has 0 atom stereocenters. The predicted octanol–water partition coefficient (Wildman–Crippen LogP) is 3.27. The number of alkyl halides is 1. The number of hydrogen-bond donors (Lipinski definition) is 1. The van der Waals surface area contributed by atoms with Crippen molar-refractivity contribution < 1.29 is 0 Å². The molecule has 0 aliphatic heterocycles. The highest BCUT2D eigenvalue weighted by Gasteiger charge is 2.02. The van der Waals surface area contributed by atoms with Gasteiger partial charge >= 0.3 is 0 Å². The zero-order valence-electron chi connectivity index (χ0n) is 8.15. The minimum Gasteiger partial charge on any atom is -0.282 e. The molecule has 13 heavy (non-hydrogen) atoms. The number of nitrogens with zero attached hydrogens (tertiary/aromatic N) is 1. The molecule has 1 N–H and O–H groups in total. The Bertz CT molecular complexity index is 233. The van der Waals surface area contributed by atoms with Gasteiger partial charge in [-0.05, 0) is 12.8 Å². The number of aryl methyl sites for hydroxylation is 1. The van der Waals surface area contributed by atoms with Gasteiger partial charge < -0.3 is 0 Å². The molecule has 3 heteroatoms. The van der Waals surface area contributed by atoms with Gasteiger partial charge in [0.1, 0.15) is 0 Å². The van der Waals surface area contributed by atoms with Crippen LogP contribution in [0.25, 0.3) is 0 Å². The van der Waals surface area contributed by atoms with E-state index in [9.17, 15) is 0 Å². The van der Waals surface area contributed by atoms with Gasteiger partial charge in [0.05, 0.1) is 12.1 Å². The fraction of sp³-hybridized carbons (Fsp3) is 0.700. The molecule has 0 amide bonds. The molecular weight excluding hydrogens is 184 g/mol. The summed E-state index contributed by atoms with van der Waals surface area (Å²) in [6.07, 6.45) is 8.05. The van der Waals surface area contributed by atoms with Gasteiger partial charge in [0.25, 0.3) is 0 Å². The highest BCUT2D eigenvalue weighted by atomic mass is 35.5. The largest absolute Gasteiger partial charge is 0.282 e. The van der Waals surface area contributed by atoms with E-state index in [1.165, 1.54) is 31.4 Å². The van der Waals surface area contributed by atoms with Crippen LogP contribution in [0.15, 0.2) is 6.20 Å². The van der Waals surface area contributed by atoms with Gasteiger partial charge in [-0.15, -0.1) is 11.6 Å². The lowest BCUT2D eigenvalue weighted by atomic mass is 10.1. The van der Waals surface area contributed by atoms with E-state index in [-0.39, 0.29) is 0 Å². The molecule has 1 aromatic rings. The Morgan fingerprint density at radius 1 is 1.38 bits per heavy atom. The number of unbranched alkanes of at least 4 members (excludes halogenated alkanes) is 3. The van der Waals surface area contributed by atoms with E-state index < -0.39 is 0 Å². The van der Waals surface area contributed by atoms with Gasteiger partial charge in [-0.1, -0.05) is 26.2 Å². The standard InChI is InChI=1S/C10H17ClN2/c1-2-3-4-5-6-10-9(7-11)8-12-13-10/h8H,2-7H2,1H3,(H,12,13). The number of H-pyrrole nitrogens is 1. The van der Waals surface area contributed by atoms with Gasteiger partial charge in [-0.3, -0.25) is 5.10 Å². The Morgan fingerprint density at radius 2 is 2.23 bits per heavy atom. The molecule has 0 radical (unpaired) electrons. The maximum Gasteiger partial charge on any atom is 0.0534 e. The maximum absolute atomic E-state index is 5.75. The Balaban J connectivity index is 2.27. The molecule has 0 saturated heterocycles. The second-order valence-corrected chi connectivity index (χ2v) is 3.59. The first-order valence-electron chi connectivity index (χ1n) is 4.95. The molecule has 0 aliphatic rings. The summed E-state index contributed by atoms with van der Waals surface area (Å²) in [7, 11) is 0. The molecule has 0 unspecified atom stereocenters. The van der Waals surface area contributed by atoms with E-state index in [0.717, 1.165) is 12.0 Å². The number of aromatic nitrogens is 2. The molecule has 0 aliphatic carbocycles. The number of halogens is 1. The maximum atomic E-state index is 5.75. The predicted molar refractivity (Wildman–Crippen MR) is 56.0 cm³/mol. The molecule has 2 nitrogen and oxygen atoms in total. The quantitative estimate of drug-likeness (QED) is 0.554. The van der Waals surface area contributed by atoms with Crippen LogP contribution in [0.3, 0.4) is 0 Å². The summed E-state index contributed by atoms with van der Waals surface area (Å²) in [6.45, 7) is 2.22. The molecule has 0 aromatic carbocycles. The first kappa shape index (κ1) is 10.6. The molecule has 0 saturated carbocycles. The summed E-state index contributed by atoms with van der Waals surface area (Å²) in [6, 6.07) is 0. The second kappa shape index (κ2) is 6.03. The smallest absolute Gasteiger partial charge is 0.0534 e. The van der Waals surface area contributed by atoms with Crippen LogP contribution in [0.5, 0.6) is 0 Å². The van der Waals surface area contributed by atoms with Crippen molar-refractivity contribution in [3.05, 3.63) is 17.5 Å². The van der Waals surface area contributed by atoms with Crippen LogP contribution in [0.1, 0.15) is 43.9 Å². The van der Waals surface area contributed by atoms with Gasteiger partial charge in [-0.2, -0.15) is 5.10 Å². The van der Waals surface area contributed by atoms with E-state index >= 15 is 0 Å². The minimum absolute atomic E-state index is 0.569. The Labute approximate surface area is 84.7 Å². The number of hydrogen-bond acceptors (Lipinski definition) is 1. The lowest BCUT2D eigenvalue weighted by Crippen LogP contribution is -1.90. The average Bonchev–Trinajstić information content (AvgIpc) is 2.60. The molecule has 74 valence electrons. The van der Waals surface area contributed by atoms with Crippen molar-refractivity contribution in [3.63, 3.8) is 0 Å². The van der Waals surface area contributed by atoms with E-state index in [4.69, 9.17) is 11.6 Å². The van der Waals surface area contributed by atoms with Crippen LogP contribution < -0.4 is 0 Å². The third-order valence-corrected chi connectivity index (χ3v) is 2.52. The highest BCUT2D eigenvalue weighted by molar-refractivity contribution is 6.17. The third kappa shape index (κ3) is 3.39. The summed E-state index contributed by atoms with van der Waals surface area (Å²) in [5, 5.41) is 6.98. The number of rotatable bonds is 6. The summed E-state index contributed by atoms with van der Waals surface area (Å²) >= 11 is 5.75. The first-order chi connectivity index (χ1) is 6.38. The van der Waals surface area contributed by atoms with Crippen LogP contribution >= 0.6 is 11.6 Å². The van der Waals surface area contributed by atoms with Crippen LogP contribution in [0, 0.1) is 0 Å². The monoisotopic (exact) mass is 200 g/mol. The van der Waals surface area contributed by atoms with Gasteiger partial charge in [-0.25, -0.2) is 0 Å². The zero-order chi connectivity index (χ0) is 9.52. The number of nitrogens with one attached hydrogen (secondary N) is 1. The normalized spacial score (nSPS) is 10.6. The summed E-state index contributed by atoms with van der Waals surface area (Å²) in [5.74, 6) is 0.569. The third-order valence-electron chi connectivity index (χ3n) is 2.23. The fourth-order valence-corrected chi connectivity index (χ4v) is 1.63. The lowest BCUT2D eigenvalue weighted by molar-refractivity contribution is 0.658. The summed E-state index contributed by atoms with van der Waals surface area (Å²) < 4.78 is 0. The SMILES string of the molecule is CCCCCCc1[nH]ncc1CCl. The van der Waals surface area contributed by atoms with Crippen LogP contribution in [0.2, 0.25) is 0 Å². The van der Waals surface area contributed by atoms with Crippen molar-refractivity contribution in [2.75, 3.05) is 0 Å². The molecule has 1 heterocycles. The molecule has 1 rings (SSSR count). The molecule has 0 fully saturated rings. The molecular formula is C10H17ClN2. The van der Waals surface area contributed by atoms with Crippen LogP contribution in [0.4, 0.5) is 0 Å². The molecule has 0 spiro atoms. The van der Waals surface area contributed by atoms with Crippen LogP contribution in [-0.4, -0.2) is 10.2 Å². The van der Waals surface area contributed by atoms with E-state index in [0.29, 0.717) is 5.88 Å². The van der Waals surface area contributed by atoms with Crippen LogP contribution in [-0.2, 0) is 12.3 Å². The van der Waals surface area contributed by atoms with Gasteiger partial charge in [0, 0.05) is 11.3 Å². The van der Waals surface area contributed by atoms with Crippen molar-refractivity contribution in [1.82, 2.24) is 10.2 Å². The Morgan fingerprint density at radius 3 is 2.92 bits per heavy atom. The van der Waals surface area contributed by atoms with Crippen molar-refractivity contribution in [2.45, 2.75) is 44.9 Å². The molecule has 1 aromatic heterocycles. The van der Waals surface area contributed by atoms with Crippen molar-refractivity contribution in [3.8, 4) is 0 Å². The average molecular weight is 201 g/mol. The van der Waals surface area contributed by atoms with Crippen molar-refractivity contribution in [2.24, 2.45) is 0 Å². The Hall–Kier alpha value is -0.500. The fourth-order valence-electron chi connectivity index (χ4n) is 1.40. The van der Waals surface area contributed by atoms with E-state index in [1.54, 1.807) is 0 Å². The van der Waals surface area contributed by atoms with Crippen molar-refractivity contribution >= 4 is 11.6 Å². The Kier molecular flexibility index (Phi) is 4.91. The lowest BCUT2D eigenvalue weighted by Gasteiger charge is -1.99. The van der Waals surface area contributed by atoms with E-state index in [2.05, 4.69) is 17.1 Å². The second-order valence-electron chi connectivity index (χ2n) is 3.32. The topological polar surface area (TPSA) is 28.7 Å². The van der Waals surface area contributed by atoms with Gasteiger partial charge in [0.15, 0.2) is 0 Å². The number of aromatic amines is 1. The highest BCUT2D eigenvalue weighted by Crippen LogP contribution is 2.11. The summed E-state index contributed by atoms with van der Waals surface area (Å²) in [4.78, 5) is 0. The molecule has 0 bridgehead atoms. The van der Waals surface area contributed by atoms with Crippen molar-refractivity contribution in [1.29, 1.82) is 0 Å². The van der Waals surface area contributed by atoms with E-state index in [1.807, 2.05) is 6.20 Å². The zero-order valence-corrected chi connectivity index (χ0v) is 8.90. The van der Waals surface area contributed by atoms with Gasteiger partial charge in [0.2, 0.25) is 0 Å².